The van der Waals surface area contributed by atoms with E-state index >= 15 is 0 Å². The molecule has 0 bridgehead atoms. The van der Waals surface area contributed by atoms with Gasteiger partial charge in [0.15, 0.2) is 0 Å². The summed E-state index contributed by atoms with van der Waals surface area (Å²) in [5, 5.41) is 0. The van der Waals surface area contributed by atoms with Gasteiger partial charge in [-0.2, -0.15) is 0 Å². The average molecular weight is 190 g/mol. The Labute approximate surface area is 84.2 Å². The van der Waals surface area contributed by atoms with Crippen LogP contribution in [-0.4, -0.2) is 13.2 Å². The normalized spacial score (nSPS) is 14.1. The Morgan fingerprint density at radius 2 is 2.43 bits per heavy atom. The second kappa shape index (κ2) is 4.18. The third-order valence-electron chi connectivity index (χ3n) is 2.24. The van der Waals surface area contributed by atoms with Gasteiger partial charge in [0.1, 0.15) is 5.75 Å². The molecule has 0 atom stereocenters. The first-order chi connectivity index (χ1) is 6.90. The zero-order valence-corrected chi connectivity index (χ0v) is 8.32. The highest BCUT2D eigenvalue weighted by Crippen LogP contribution is 2.26. The Bertz CT molecular complexity index is 342. The van der Waals surface area contributed by atoms with Crippen LogP contribution in [0.5, 0.6) is 5.75 Å². The third kappa shape index (κ3) is 1.90. The molecular formula is C12H14O2. The van der Waals surface area contributed by atoms with Crippen molar-refractivity contribution in [1.82, 2.24) is 0 Å². The van der Waals surface area contributed by atoms with Gasteiger partial charge in [0.25, 0.3) is 0 Å². The highest BCUT2D eigenvalue weighted by Gasteiger charge is 2.10. The standard InChI is InChI=1S/C12H14O2/c1-2-13-7-5-10-3-4-11-6-8-14-12(11)9-10/h3-5,7,9H,2,6,8H2,1H3/b7-5+. The molecule has 1 aliphatic rings. The van der Waals surface area contributed by atoms with Crippen molar-refractivity contribution in [1.29, 1.82) is 0 Å². The predicted octanol–water partition coefficient (Wildman–Crippen LogP) is 2.63. The van der Waals surface area contributed by atoms with Gasteiger partial charge in [-0.25, -0.2) is 0 Å². The zero-order valence-electron chi connectivity index (χ0n) is 8.32. The lowest BCUT2D eigenvalue weighted by Crippen LogP contribution is -1.86. The first-order valence-corrected chi connectivity index (χ1v) is 4.94. The molecule has 0 amide bonds. The molecule has 14 heavy (non-hydrogen) atoms. The molecule has 1 aromatic carbocycles. The highest BCUT2D eigenvalue weighted by atomic mass is 16.5. The molecule has 1 aliphatic heterocycles. The molecule has 0 fully saturated rings. The molecule has 74 valence electrons. The zero-order chi connectivity index (χ0) is 9.80. The number of hydrogen-bond donors (Lipinski definition) is 0. The molecule has 1 heterocycles. The molecule has 0 aromatic heterocycles. The maximum absolute atomic E-state index is 5.47. The van der Waals surface area contributed by atoms with Crippen LogP contribution < -0.4 is 4.74 Å². The molecule has 1 aromatic rings. The number of hydrogen-bond acceptors (Lipinski definition) is 2. The minimum atomic E-state index is 0.706. The average Bonchev–Trinajstić information content (AvgIpc) is 2.65. The van der Waals surface area contributed by atoms with E-state index in [1.807, 2.05) is 13.0 Å². The van der Waals surface area contributed by atoms with Gasteiger partial charge in [0.2, 0.25) is 0 Å². The van der Waals surface area contributed by atoms with Crippen molar-refractivity contribution in [3.63, 3.8) is 0 Å². The van der Waals surface area contributed by atoms with E-state index in [0.29, 0.717) is 6.61 Å². The van der Waals surface area contributed by atoms with Gasteiger partial charge < -0.3 is 9.47 Å². The molecule has 0 N–H and O–H groups in total. The van der Waals surface area contributed by atoms with Gasteiger partial charge in [0, 0.05) is 6.42 Å². The summed E-state index contributed by atoms with van der Waals surface area (Å²) in [5.74, 6) is 1.02. The van der Waals surface area contributed by atoms with Crippen molar-refractivity contribution in [2.45, 2.75) is 13.3 Å². The topological polar surface area (TPSA) is 18.5 Å². The van der Waals surface area contributed by atoms with Crippen LogP contribution in [0.4, 0.5) is 0 Å². The molecule has 0 aliphatic carbocycles. The monoisotopic (exact) mass is 190 g/mol. The van der Waals surface area contributed by atoms with E-state index in [9.17, 15) is 0 Å². The van der Waals surface area contributed by atoms with Crippen LogP contribution in [0, 0.1) is 0 Å². The summed E-state index contributed by atoms with van der Waals surface area (Å²) in [7, 11) is 0. The summed E-state index contributed by atoms with van der Waals surface area (Å²) >= 11 is 0. The van der Waals surface area contributed by atoms with E-state index < -0.39 is 0 Å². The van der Waals surface area contributed by atoms with Gasteiger partial charge in [-0.05, 0) is 30.2 Å². The van der Waals surface area contributed by atoms with E-state index in [-0.39, 0.29) is 0 Å². The number of ether oxygens (including phenoxy) is 2. The van der Waals surface area contributed by atoms with E-state index in [4.69, 9.17) is 9.47 Å². The molecular weight excluding hydrogens is 176 g/mol. The van der Waals surface area contributed by atoms with Gasteiger partial charge in [-0.15, -0.1) is 0 Å². The van der Waals surface area contributed by atoms with Crippen LogP contribution in [0.1, 0.15) is 18.1 Å². The van der Waals surface area contributed by atoms with Crippen molar-refractivity contribution < 1.29 is 9.47 Å². The van der Waals surface area contributed by atoms with Crippen LogP contribution in [-0.2, 0) is 11.2 Å². The maximum atomic E-state index is 5.47. The number of benzene rings is 1. The molecule has 2 rings (SSSR count). The summed E-state index contributed by atoms with van der Waals surface area (Å²) in [6.07, 6.45) is 4.70. The van der Waals surface area contributed by atoms with Gasteiger partial charge in [-0.3, -0.25) is 0 Å². The minimum Gasteiger partial charge on any atom is -0.501 e. The van der Waals surface area contributed by atoms with Crippen LogP contribution in [0.3, 0.4) is 0 Å². The Morgan fingerprint density at radius 1 is 1.50 bits per heavy atom. The Balaban J connectivity index is 2.12. The quantitative estimate of drug-likeness (QED) is 0.682. The summed E-state index contributed by atoms with van der Waals surface area (Å²) in [5.41, 5.74) is 2.43. The van der Waals surface area contributed by atoms with E-state index in [1.165, 1.54) is 5.56 Å². The van der Waals surface area contributed by atoms with Crippen molar-refractivity contribution in [2.24, 2.45) is 0 Å². The molecule has 0 unspecified atom stereocenters. The van der Waals surface area contributed by atoms with Crippen LogP contribution in [0.15, 0.2) is 24.5 Å². The van der Waals surface area contributed by atoms with E-state index in [2.05, 4.69) is 18.2 Å². The fourth-order valence-corrected chi connectivity index (χ4v) is 1.51. The van der Waals surface area contributed by atoms with E-state index in [1.54, 1.807) is 6.26 Å². The van der Waals surface area contributed by atoms with Crippen LogP contribution >= 0.6 is 0 Å². The minimum absolute atomic E-state index is 0.706. The van der Waals surface area contributed by atoms with Crippen molar-refractivity contribution >= 4 is 6.08 Å². The maximum Gasteiger partial charge on any atom is 0.123 e. The molecule has 2 heteroatoms. The molecule has 0 saturated heterocycles. The fourth-order valence-electron chi connectivity index (χ4n) is 1.51. The SMILES string of the molecule is CCO/C=C/c1ccc2c(c1)OCC2. The van der Waals surface area contributed by atoms with Crippen molar-refractivity contribution in [3.8, 4) is 5.75 Å². The Morgan fingerprint density at radius 3 is 3.29 bits per heavy atom. The lowest BCUT2D eigenvalue weighted by molar-refractivity contribution is 0.272. The van der Waals surface area contributed by atoms with Gasteiger partial charge in [-0.1, -0.05) is 12.1 Å². The smallest absolute Gasteiger partial charge is 0.123 e. The summed E-state index contributed by atoms with van der Waals surface area (Å²) in [4.78, 5) is 0. The molecule has 0 radical (unpaired) electrons. The first kappa shape index (κ1) is 9.13. The summed E-state index contributed by atoms with van der Waals surface area (Å²) in [6, 6.07) is 6.26. The predicted molar refractivity (Wildman–Crippen MR) is 56.3 cm³/mol. The number of fused-ring (bicyclic) bond motifs is 1. The van der Waals surface area contributed by atoms with Crippen molar-refractivity contribution in [2.75, 3.05) is 13.2 Å². The molecule has 0 spiro atoms. The summed E-state index contributed by atoms with van der Waals surface area (Å²) < 4.78 is 10.6. The highest BCUT2D eigenvalue weighted by molar-refractivity contribution is 5.53. The van der Waals surface area contributed by atoms with Crippen LogP contribution in [0.25, 0.3) is 6.08 Å². The van der Waals surface area contributed by atoms with E-state index in [0.717, 1.165) is 24.3 Å². The van der Waals surface area contributed by atoms with Crippen LogP contribution in [0.2, 0.25) is 0 Å². The largest absolute Gasteiger partial charge is 0.501 e. The molecule has 0 saturated carbocycles. The van der Waals surface area contributed by atoms with Gasteiger partial charge in [0.05, 0.1) is 19.5 Å². The second-order valence-corrected chi connectivity index (χ2v) is 3.22. The summed E-state index contributed by atoms with van der Waals surface area (Å²) in [6.45, 7) is 3.49. The van der Waals surface area contributed by atoms with Gasteiger partial charge >= 0.3 is 0 Å². The number of rotatable bonds is 3. The lowest BCUT2D eigenvalue weighted by Gasteiger charge is -2.00. The Kier molecular flexibility index (Phi) is 2.73. The lowest BCUT2D eigenvalue weighted by atomic mass is 10.1. The molecule has 2 nitrogen and oxygen atoms in total. The fraction of sp³-hybridized carbons (Fsp3) is 0.333. The first-order valence-electron chi connectivity index (χ1n) is 4.94. The third-order valence-corrected chi connectivity index (χ3v) is 2.24. The van der Waals surface area contributed by atoms with Crippen molar-refractivity contribution in [3.05, 3.63) is 35.6 Å². The second-order valence-electron chi connectivity index (χ2n) is 3.22. The Hall–Kier alpha value is -1.44.